The van der Waals surface area contributed by atoms with Crippen LogP contribution in [0.15, 0.2) is 83.9 Å². The molecule has 158 valence electrons. The Labute approximate surface area is 179 Å². The minimum atomic E-state index is -3.94. The molecule has 0 atom stereocenters. The average molecular weight is 437 g/mol. The molecule has 0 radical (unpaired) electrons. The summed E-state index contributed by atoms with van der Waals surface area (Å²) in [5.74, 6) is -0.890. The van der Waals surface area contributed by atoms with Crippen molar-refractivity contribution >= 4 is 38.2 Å². The molecular weight excluding hydrogens is 417 g/mol. The number of halogens is 1. The summed E-state index contributed by atoms with van der Waals surface area (Å²) in [6.45, 7) is 2.91. The van der Waals surface area contributed by atoms with Gasteiger partial charge in [0, 0.05) is 40.6 Å². The highest BCUT2D eigenvalue weighted by atomic mass is 32.2. The van der Waals surface area contributed by atoms with Crippen LogP contribution in [0.25, 0.3) is 10.9 Å². The Balaban J connectivity index is 1.54. The largest absolute Gasteiger partial charge is 0.348 e. The lowest BCUT2D eigenvalue weighted by molar-refractivity contribution is 0.102. The van der Waals surface area contributed by atoms with Crippen molar-refractivity contribution in [3.8, 4) is 0 Å². The number of benzene rings is 3. The number of fused-ring (bicyclic) bond motifs is 1. The molecule has 1 amide bonds. The second-order valence-electron chi connectivity index (χ2n) is 6.97. The first-order valence-corrected chi connectivity index (χ1v) is 11.1. The van der Waals surface area contributed by atoms with Gasteiger partial charge in [-0.05, 0) is 73.7 Å². The molecule has 4 aromatic rings. The molecular formula is C23H20FN3O3S. The molecule has 4 rings (SSSR count). The van der Waals surface area contributed by atoms with E-state index < -0.39 is 21.7 Å². The number of sulfonamides is 1. The number of carbonyl (C=O) groups excluding carboxylic acids is 1. The van der Waals surface area contributed by atoms with Gasteiger partial charge in [-0.1, -0.05) is 6.07 Å². The Kier molecular flexibility index (Phi) is 5.48. The van der Waals surface area contributed by atoms with Crippen LogP contribution in [0, 0.1) is 5.82 Å². The Morgan fingerprint density at radius 1 is 0.968 bits per heavy atom. The van der Waals surface area contributed by atoms with Crippen LogP contribution in [-0.4, -0.2) is 18.9 Å². The fraction of sp³-hybridized carbons (Fsp3) is 0.0870. The highest BCUT2D eigenvalue weighted by Gasteiger charge is 2.17. The summed E-state index contributed by atoms with van der Waals surface area (Å²) in [5.41, 5.74) is 2.11. The summed E-state index contributed by atoms with van der Waals surface area (Å²) < 4.78 is 42.8. The predicted octanol–water partition coefficient (Wildman–Crippen LogP) is 4.85. The van der Waals surface area contributed by atoms with Gasteiger partial charge in [0.05, 0.1) is 4.90 Å². The zero-order valence-electron chi connectivity index (χ0n) is 16.7. The van der Waals surface area contributed by atoms with Gasteiger partial charge in [0.25, 0.3) is 15.9 Å². The molecule has 0 spiro atoms. The van der Waals surface area contributed by atoms with E-state index in [9.17, 15) is 17.6 Å². The van der Waals surface area contributed by atoms with E-state index in [0.29, 0.717) is 5.69 Å². The fourth-order valence-electron chi connectivity index (χ4n) is 3.29. The maximum atomic E-state index is 13.0. The van der Waals surface area contributed by atoms with E-state index in [0.717, 1.165) is 29.6 Å². The maximum Gasteiger partial charge on any atom is 0.261 e. The van der Waals surface area contributed by atoms with Crippen LogP contribution >= 0.6 is 0 Å². The second kappa shape index (κ2) is 8.23. The third kappa shape index (κ3) is 4.44. The molecule has 0 fully saturated rings. The van der Waals surface area contributed by atoms with Crippen molar-refractivity contribution in [3.63, 3.8) is 0 Å². The van der Waals surface area contributed by atoms with Crippen molar-refractivity contribution in [3.05, 3.63) is 90.4 Å². The third-order valence-corrected chi connectivity index (χ3v) is 6.25. The number of anilines is 2. The van der Waals surface area contributed by atoms with Gasteiger partial charge in [-0.2, -0.15) is 0 Å². The number of nitrogens with zero attached hydrogens (tertiary/aromatic N) is 1. The van der Waals surface area contributed by atoms with Crippen LogP contribution < -0.4 is 10.0 Å². The van der Waals surface area contributed by atoms with Crippen LogP contribution in [0.2, 0.25) is 0 Å². The van der Waals surface area contributed by atoms with Gasteiger partial charge in [0.1, 0.15) is 5.82 Å². The lowest BCUT2D eigenvalue weighted by Crippen LogP contribution is -2.16. The predicted molar refractivity (Wildman–Crippen MR) is 119 cm³/mol. The van der Waals surface area contributed by atoms with Crippen LogP contribution in [0.3, 0.4) is 0 Å². The molecule has 8 heteroatoms. The second-order valence-corrected chi connectivity index (χ2v) is 8.65. The Morgan fingerprint density at radius 2 is 1.71 bits per heavy atom. The molecule has 0 aliphatic carbocycles. The normalized spacial score (nSPS) is 11.4. The molecule has 0 aliphatic rings. The monoisotopic (exact) mass is 437 g/mol. The minimum absolute atomic E-state index is 0.0695. The Bertz CT molecular complexity index is 1360. The Morgan fingerprint density at radius 3 is 2.45 bits per heavy atom. The van der Waals surface area contributed by atoms with Crippen molar-refractivity contribution in [2.45, 2.75) is 18.4 Å². The smallest absolute Gasteiger partial charge is 0.261 e. The number of hydrogen-bond acceptors (Lipinski definition) is 3. The topological polar surface area (TPSA) is 80.2 Å². The van der Waals surface area contributed by atoms with Gasteiger partial charge in [0.15, 0.2) is 0 Å². The van der Waals surface area contributed by atoms with E-state index in [-0.39, 0.29) is 16.1 Å². The molecule has 0 aliphatic heterocycles. The molecule has 6 nitrogen and oxygen atoms in total. The lowest BCUT2D eigenvalue weighted by Gasteiger charge is -2.10. The molecule has 2 N–H and O–H groups in total. The molecule has 1 heterocycles. The average Bonchev–Trinajstić information content (AvgIpc) is 3.17. The lowest BCUT2D eigenvalue weighted by atomic mass is 10.2. The van der Waals surface area contributed by atoms with Crippen molar-refractivity contribution in [2.75, 3.05) is 10.0 Å². The number of hydrogen-bond donors (Lipinski definition) is 2. The van der Waals surface area contributed by atoms with Gasteiger partial charge in [-0.15, -0.1) is 0 Å². The fourth-order valence-corrected chi connectivity index (χ4v) is 4.40. The maximum absolute atomic E-state index is 13.0. The van der Waals surface area contributed by atoms with Crippen molar-refractivity contribution < 1.29 is 17.6 Å². The first-order chi connectivity index (χ1) is 14.9. The van der Waals surface area contributed by atoms with Gasteiger partial charge < -0.3 is 9.88 Å². The molecule has 3 aromatic carbocycles. The SMILES string of the molecule is CCn1ccc2cc(NC(=O)c3cccc(S(=O)(=O)Nc4ccc(F)cc4)c3)ccc21. The molecule has 31 heavy (non-hydrogen) atoms. The number of nitrogens with one attached hydrogen (secondary N) is 2. The third-order valence-electron chi connectivity index (χ3n) is 4.87. The van der Waals surface area contributed by atoms with E-state index in [4.69, 9.17) is 0 Å². The Hall–Kier alpha value is -3.65. The van der Waals surface area contributed by atoms with Crippen LogP contribution in [0.5, 0.6) is 0 Å². The minimum Gasteiger partial charge on any atom is -0.348 e. The highest BCUT2D eigenvalue weighted by molar-refractivity contribution is 7.92. The number of aromatic nitrogens is 1. The van der Waals surface area contributed by atoms with Gasteiger partial charge in [-0.25, -0.2) is 12.8 Å². The number of rotatable bonds is 6. The molecule has 0 unspecified atom stereocenters. The van der Waals surface area contributed by atoms with E-state index in [1.54, 1.807) is 6.07 Å². The van der Waals surface area contributed by atoms with E-state index in [1.807, 2.05) is 30.5 Å². The zero-order valence-corrected chi connectivity index (χ0v) is 17.5. The number of aryl methyl sites for hydroxylation is 1. The molecule has 0 bridgehead atoms. The van der Waals surface area contributed by atoms with Crippen molar-refractivity contribution in [1.82, 2.24) is 4.57 Å². The molecule has 0 saturated heterocycles. The van der Waals surface area contributed by atoms with E-state index in [2.05, 4.69) is 21.5 Å². The summed E-state index contributed by atoms with van der Waals surface area (Å²) in [6, 6.07) is 18.3. The zero-order chi connectivity index (χ0) is 22.0. The van der Waals surface area contributed by atoms with Crippen molar-refractivity contribution in [2.24, 2.45) is 0 Å². The summed E-state index contributed by atoms with van der Waals surface area (Å²) in [7, 11) is -3.94. The van der Waals surface area contributed by atoms with E-state index in [1.165, 1.54) is 30.3 Å². The highest BCUT2D eigenvalue weighted by Crippen LogP contribution is 2.22. The quantitative estimate of drug-likeness (QED) is 0.452. The van der Waals surface area contributed by atoms with Crippen LogP contribution in [0.4, 0.5) is 15.8 Å². The summed E-state index contributed by atoms with van der Waals surface area (Å²) >= 11 is 0. The van der Waals surface area contributed by atoms with Crippen molar-refractivity contribution in [1.29, 1.82) is 0 Å². The summed E-state index contributed by atoms with van der Waals surface area (Å²) in [5, 5.41) is 3.81. The van der Waals surface area contributed by atoms with E-state index >= 15 is 0 Å². The first kappa shape index (κ1) is 20.6. The number of carbonyl (C=O) groups is 1. The standard InChI is InChI=1S/C23H20FN3O3S/c1-2-27-13-12-16-14-20(10-11-22(16)27)25-23(28)17-4-3-5-21(15-17)31(29,30)26-19-8-6-18(24)7-9-19/h3-15,26H,2H2,1H3,(H,25,28). The molecule has 0 saturated carbocycles. The summed E-state index contributed by atoms with van der Waals surface area (Å²) in [4.78, 5) is 12.6. The first-order valence-electron chi connectivity index (χ1n) is 9.64. The van der Waals surface area contributed by atoms with Crippen LogP contribution in [0.1, 0.15) is 17.3 Å². The van der Waals surface area contributed by atoms with Gasteiger partial charge >= 0.3 is 0 Å². The number of amides is 1. The van der Waals surface area contributed by atoms with Gasteiger partial charge in [0.2, 0.25) is 0 Å². The summed E-state index contributed by atoms with van der Waals surface area (Å²) in [6.07, 6.45) is 1.98. The van der Waals surface area contributed by atoms with Gasteiger partial charge in [-0.3, -0.25) is 9.52 Å². The van der Waals surface area contributed by atoms with Crippen LogP contribution in [-0.2, 0) is 16.6 Å². The molecule has 1 aromatic heterocycles.